The topological polar surface area (TPSA) is 38.3 Å². The fraction of sp³-hybridized carbons (Fsp3) is 0.611. The van der Waals surface area contributed by atoms with Gasteiger partial charge in [-0.2, -0.15) is 0 Å². The van der Waals surface area contributed by atoms with Crippen molar-refractivity contribution in [3.63, 3.8) is 0 Å². The molecule has 0 bridgehead atoms. The zero-order chi connectivity index (χ0) is 17.5. The Labute approximate surface area is 153 Å². The quantitative estimate of drug-likeness (QED) is 0.445. The average molecular weight is 405 g/mol. The van der Waals surface area contributed by atoms with E-state index in [4.69, 9.17) is 16.3 Å². The zero-order valence-corrected chi connectivity index (χ0v) is 16.8. The number of hydrogen-bond donors (Lipinski definition) is 1. The number of carbonyl (C=O) groups excluding carboxylic acids is 1. The van der Waals surface area contributed by atoms with Crippen LogP contribution in [0.5, 0.6) is 0 Å². The Balaban J connectivity index is 2.29. The Kier molecular flexibility index (Phi) is 8.41. The molecule has 0 fully saturated rings. The summed E-state index contributed by atoms with van der Waals surface area (Å²) >= 11 is 9.60. The van der Waals surface area contributed by atoms with Gasteiger partial charge in [-0.05, 0) is 56.7 Å². The number of rotatable bonds is 7. The third kappa shape index (κ3) is 8.07. The molecule has 0 saturated carbocycles. The van der Waals surface area contributed by atoms with Gasteiger partial charge in [0.2, 0.25) is 0 Å². The summed E-state index contributed by atoms with van der Waals surface area (Å²) in [5.74, 6) is 0.478. The van der Waals surface area contributed by atoms with Crippen molar-refractivity contribution >= 4 is 33.6 Å². The summed E-state index contributed by atoms with van der Waals surface area (Å²) < 4.78 is 5.20. The average Bonchev–Trinajstić information content (AvgIpc) is 2.45. The molecule has 0 aliphatic heterocycles. The Morgan fingerprint density at radius 1 is 1.35 bits per heavy atom. The van der Waals surface area contributed by atoms with E-state index in [0.29, 0.717) is 12.5 Å². The summed E-state index contributed by atoms with van der Waals surface area (Å²) in [6.45, 7) is 8.46. The maximum absolute atomic E-state index is 11.5. The van der Waals surface area contributed by atoms with Gasteiger partial charge in [0.05, 0.1) is 0 Å². The Bertz CT molecular complexity index is 514. The second kappa shape index (κ2) is 9.53. The van der Waals surface area contributed by atoms with E-state index < -0.39 is 5.60 Å². The Morgan fingerprint density at radius 3 is 2.65 bits per heavy atom. The van der Waals surface area contributed by atoms with Crippen molar-refractivity contribution in [3.8, 4) is 0 Å². The van der Waals surface area contributed by atoms with Crippen molar-refractivity contribution in [2.24, 2.45) is 0 Å². The number of benzene rings is 1. The highest BCUT2D eigenvalue weighted by molar-refractivity contribution is 9.08. The number of alkyl halides is 1. The van der Waals surface area contributed by atoms with Crippen LogP contribution in [0.15, 0.2) is 18.2 Å². The summed E-state index contributed by atoms with van der Waals surface area (Å²) in [6.07, 6.45) is 2.75. The molecule has 1 N–H and O–H groups in total. The van der Waals surface area contributed by atoms with Crippen LogP contribution in [0.25, 0.3) is 0 Å². The van der Waals surface area contributed by atoms with Crippen LogP contribution in [0.3, 0.4) is 0 Å². The van der Waals surface area contributed by atoms with Crippen molar-refractivity contribution in [2.75, 3.05) is 6.54 Å². The lowest BCUT2D eigenvalue weighted by molar-refractivity contribution is 0.0527. The van der Waals surface area contributed by atoms with Crippen molar-refractivity contribution in [1.29, 1.82) is 0 Å². The maximum Gasteiger partial charge on any atom is 0.407 e. The first-order valence-electron chi connectivity index (χ1n) is 8.04. The molecule has 1 aromatic carbocycles. The lowest BCUT2D eigenvalue weighted by Crippen LogP contribution is -2.33. The van der Waals surface area contributed by atoms with Crippen LogP contribution in [0.1, 0.15) is 64.0 Å². The molecule has 3 nitrogen and oxygen atoms in total. The second-order valence-corrected chi connectivity index (χ2v) is 7.78. The molecular weight excluding hydrogens is 378 g/mol. The molecule has 1 rings (SSSR count). The number of hydrogen-bond acceptors (Lipinski definition) is 2. The third-order valence-corrected chi connectivity index (χ3v) is 4.49. The van der Waals surface area contributed by atoms with Crippen molar-refractivity contribution < 1.29 is 9.53 Å². The monoisotopic (exact) mass is 403 g/mol. The largest absolute Gasteiger partial charge is 0.444 e. The van der Waals surface area contributed by atoms with Gasteiger partial charge in [0.15, 0.2) is 0 Å². The van der Waals surface area contributed by atoms with Gasteiger partial charge in [-0.25, -0.2) is 4.79 Å². The van der Waals surface area contributed by atoms with E-state index in [9.17, 15) is 4.79 Å². The summed E-state index contributed by atoms with van der Waals surface area (Å²) in [5.41, 5.74) is 1.99. The second-order valence-electron chi connectivity index (χ2n) is 6.81. The van der Waals surface area contributed by atoms with E-state index in [1.807, 2.05) is 26.8 Å². The summed E-state index contributed by atoms with van der Waals surface area (Å²) in [6, 6.07) is 6.23. The molecule has 1 amide bonds. The van der Waals surface area contributed by atoms with Crippen LogP contribution in [-0.2, 0) is 10.1 Å². The summed E-state index contributed by atoms with van der Waals surface area (Å²) in [7, 11) is 0. The van der Waals surface area contributed by atoms with Crippen LogP contribution in [0.4, 0.5) is 4.79 Å². The van der Waals surface area contributed by atoms with E-state index in [1.165, 1.54) is 5.56 Å². The number of alkyl carbamates (subject to hydrolysis) is 1. The van der Waals surface area contributed by atoms with Gasteiger partial charge in [-0.3, -0.25) is 0 Å². The molecule has 130 valence electrons. The standard InChI is InChI=1S/C18H27BrClNO2/c1-13(14-8-9-16(20)15(11-14)12-19)7-5-6-10-21-17(22)23-18(2,3)4/h8-9,11,13H,5-7,10,12H2,1-4H3,(H,21,22). The van der Waals surface area contributed by atoms with Crippen LogP contribution < -0.4 is 5.32 Å². The molecular formula is C18H27BrClNO2. The van der Waals surface area contributed by atoms with E-state index in [-0.39, 0.29) is 6.09 Å². The minimum Gasteiger partial charge on any atom is -0.444 e. The number of ether oxygens (including phenoxy) is 1. The molecule has 5 heteroatoms. The summed E-state index contributed by atoms with van der Waals surface area (Å²) in [5, 5.41) is 4.37. The number of halogens is 2. The smallest absolute Gasteiger partial charge is 0.407 e. The van der Waals surface area contributed by atoms with Crippen LogP contribution >= 0.6 is 27.5 Å². The fourth-order valence-corrected chi connectivity index (χ4v) is 3.06. The molecule has 1 aromatic rings. The van der Waals surface area contributed by atoms with Gasteiger partial charge in [0, 0.05) is 16.9 Å². The highest BCUT2D eigenvalue weighted by Gasteiger charge is 2.15. The van der Waals surface area contributed by atoms with E-state index in [1.54, 1.807) is 0 Å². The lowest BCUT2D eigenvalue weighted by Gasteiger charge is -2.19. The Hall–Kier alpha value is -0.740. The minimum atomic E-state index is -0.444. The minimum absolute atomic E-state index is 0.342. The number of nitrogens with one attached hydrogen (secondary N) is 1. The fourth-order valence-electron chi connectivity index (χ4n) is 2.25. The Morgan fingerprint density at radius 2 is 2.04 bits per heavy atom. The van der Waals surface area contributed by atoms with Crippen LogP contribution in [0, 0.1) is 0 Å². The first-order chi connectivity index (χ1) is 10.7. The lowest BCUT2D eigenvalue weighted by atomic mass is 9.94. The SMILES string of the molecule is CC(CCCCNC(=O)OC(C)(C)C)c1ccc(Cl)c(CBr)c1. The highest BCUT2D eigenvalue weighted by atomic mass is 79.9. The highest BCUT2D eigenvalue weighted by Crippen LogP contribution is 2.27. The predicted octanol–water partition coefficient (Wildman–Crippen LogP) is 6.03. The number of unbranched alkanes of at least 4 members (excludes halogenated alkanes) is 1. The molecule has 0 aliphatic rings. The van der Waals surface area contributed by atoms with Gasteiger partial charge in [-0.1, -0.05) is 53.0 Å². The first kappa shape index (κ1) is 20.3. The third-order valence-electron chi connectivity index (χ3n) is 3.51. The molecule has 0 radical (unpaired) electrons. The van der Waals surface area contributed by atoms with Gasteiger partial charge in [0.25, 0.3) is 0 Å². The van der Waals surface area contributed by atoms with E-state index >= 15 is 0 Å². The number of carbonyl (C=O) groups is 1. The van der Waals surface area contributed by atoms with E-state index in [2.05, 4.69) is 40.3 Å². The van der Waals surface area contributed by atoms with Gasteiger partial charge in [0.1, 0.15) is 5.60 Å². The first-order valence-corrected chi connectivity index (χ1v) is 9.54. The van der Waals surface area contributed by atoms with Crippen molar-refractivity contribution in [2.45, 2.75) is 63.8 Å². The molecule has 0 saturated heterocycles. The normalized spacial score (nSPS) is 12.8. The van der Waals surface area contributed by atoms with Gasteiger partial charge >= 0.3 is 6.09 Å². The molecule has 23 heavy (non-hydrogen) atoms. The van der Waals surface area contributed by atoms with Crippen molar-refractivity contribution in [3.05, 3.63) is 34.3 Å². The summed E-state index contributed by atoms with van der Waals surface area (Å²) in [4.78, 5) is 11.5. The molecule has 0 aromatic heterocycles. The van der Waals surface area contributed by atoms with E-state index in [0.717, 1.165) is 35.2 Å². The number of amides is 1. The van der Waals surface area contributed by atoms with Crippen LogP contribution in [-0.4, -0.2) is 18.2 Å². The van der Waals surface area contributed by atoms with Gasteiger partial charge in [-0.15, -0.1) is 0 Å². The molecule has 0 aliphatic carbocycles. The van der Waals surface area contributed by atoms with Gasteiger partial charge < -0.3 is 10.1 Å². The van der Waals surface area contributed by atoms with Crippen LogP contribution in [0.2, 0.25) is 5.02 Å². The zero-order valence-electron chi connectivity index (χ0n) is 14.4. The predicted molar refractivity (Wildman–Crippen MR) is 101 cm³/mol. The maximum atomic E-state index is 11.5. The van der Waals surface area contributed by atoms with Crippen molar-refractivity contribution in [1.82, 2.24) is 5.32 Å². The molecule has 1 unspecified atom stereocenters. The molecule has 1 atom stereocenters. The molecule has 0 spiro atoms. The molecule has 0 heterocycles.